The lowest BCUT2D eigenvalue weighted by Crippen LogP contribution is -2.32. The Balaban J connectivity index is 1.90. The minimum Gasteiger partial charge on any atom is -0.497 e. The van der Waals surface area contributed by atoms with Gasteiger partial charge < -0.3 is 4.74 Å². The average Bonchev–Trinajstić information content (AvgIpc) is 3.38. The maximum atomic E-state index is 12.8. The first-order chi connectivity index (χ1) is 10.6. The molecule has 3 rings (SSSR count). The quantitative estimate of drug-likeness (QED) is 0.821. The highest BCUT2D eigenvalue weighted by molar-refractivity contribution is 7.89. The van der Waals surface area contributed by atoms with Gasteiger partial charge in [-0.25, -0.2) is 8.42 Å². The molecule has 1 aromatic carbocycles. The van der Waals surface area contributed by atoms with Crippen molar-refractivity contribution in [1.82, 2.24) is 9.29 Å². The van der Waals surface area contributed by atoms with Gasteiger partial charge in [-0.2, -0.15) is 4.31 Å². The summed E-state index contributed by atoms with van der Waals surface area (Å²) >= 11 is 0. The Morgan fingerprint density at radius 2 is 2.09 bits per heavy atom. The van der Waals surface area contributed by atoms with Gasteiger partial charge in [-0.1, -0.05) is 12.1 Å². The molecule has 1 heterocycles. The summed E-state index contributed by atoms with van der Waals surface area (Å²) in [6.07, 6.45) is 4.78. The van der Waals surface area contributed by atoms with Crippen LogP contribution in [0.4, 0.5) is 0 Å². The second-order valence-corrected chi connectivity index (χ2v) is 7.21. The van der Waals surface area contributed by atoms with Gasteiger partial charge in [-0.05, 0) is 42.7 Å². The van der Waals surface area contributed by atoms with E-state index in [1.807, 2.05) is 24.3 Å². The highest BCUT2D eigenvalue weighted by atomic mass is 32.2. The van der Waals surface area contributed by atoms with Gasteiger partial charge in [0.25, 0.3) is 0 Å². The summed E-state index contributed by atoms with van der Waals surface area (Å²) in [6, 6.07) is 10.8. The summed E-state index contributed by atoms with van der Waals surface area (Å²) in [5.74, 6) is 0.729. The molecule has 0 amide bonds. The molecular formula is C16H18N2O3S. The number of rotatable bonds is 6. The lowest BCUT2D eigenvalue weighted by Gasteiger charge is -2.22. The molecule has 0 spiro atoms. The smallest absolute Gasteiger partial charge is 0.245 e. The fraction of sp³-hybridized carbons (Fsp3) is 0.312. The van der Waals surface area contributed by atoms with E-state index >= 15 is 0 Å². The topological polar surface area (TPSA) is 59.5 Å². The van der Waals surface area contributed by atoms with Crippen molar-refractivity contribution in [3.8, 4) is 5.75 Å². The lowest BCUT2D eigenvalue weighted by atomic mass is 10.2. The first kappa shape index (κ1) is 15.0. The highest BCUT2D eigenvalue weighted by Gasteiger charge is 2.38. The van der Waals surface area contributed by atoms with Crippen molar-refractivity contribution in [2.45, 2.75) is 30.3 Å². The third kappa shape index (κ3) is 3.13. The molecule has 2 aromatic rings. The van der Waals surface area contributed by atoms with Crippen LogP contribution in [0.15, 0.2) is 53.7 Å². The van der Waals surface area contributed by atoms with Gasteiger partial charge >= 0.3 is 0 Å². The van der Waals surface area contributed by atoms with Crippen LogP contribution in [-0.4, -0.2) is 30.9 Å². The number of hydrogen-bond acceptors (Lipinski definition) is 4. The zero-order valence-electron chi connectivity index (χ0n) is 12.3. The number of pyridine rings is 1. The largest absolute Gasteiger partial charge is 0.497 e. The summed E-state index contributed by atoms with van der Waals surface area (Å²) < 4.78 is 32.4. The van der Waals surface area contributed by atoms with Gasteiger partial charge in [-0.3, -0.25) is 4.98 Å². The molecule has 6 heteroatoms. The summed E-state index contributed by atoms with van der Waals surface area (Å²) in [5, 5.41) is 0. The second kappa shape index (κ2) is 6.06. The number of hydrogen-bond donors (Lipinski definition) is 0. The van der Waals surface area contributed by atoms with Crippen molar-refractivity contribution in [3.05, 3.63) is 54.4 Å². The maximum Gasteiger partial charge on any atom is 0.245 e. The van der Waals surface area contributed by atoms with Gasteiger partial charge in [0.15, 0.2) is 0 Å². The Hall–Kier alpha value is -1.92. The van der Waals surface area contributed by atoms with Crippen LogP contribution < -0.4 is 4.74 Å². The molecule has 1 fully saturated rings. The third-order valence-electron chi connectivity index (χ3n) is 3.67. The highest BCUT2D eigenvalue weighted by Crippen LogP contribution is 2.33. The van der Waals surface area contributed by atoms with Gasteiger partial charge in [-0.15, -0.1) is 0 Å². The average molecular weight is 318 g/mol. The first-order valence-electron chi connectivity index (χ1n) is 7.16. The molecule has 0 aliphatic heterocycles. The minimum absolute atomic E-state index is 0.0800. The van der Waals surface area contributed by atoms with Gasteiger partial charge in [0.1, 0.15) is 10.6 Å². The second-order valence-electron chi connectivity index (χ2n) is 5.32. The maximum absolute atomic E-state index is 12.8. The van der Waals surface area contributed by atoms with Gasteiger partial charge in [0.2, 0.25) is 10.0 Å². The van der Waals surface area contributed by atoms with E-state index in [9.17, 15) is 8.42 Å². The Labute approximate surface area is 130 Å². The molecule has 1 saturated carbocycles. The molecule has 0 radical (unpaired) electrons. The predicted octanol–water partition coefficient (Wildman–Crippen LogP) is 2.44. The molecule has 0 unspecified atom stereocenters. The first-order valence-corrected chi connectivity index (χ1v) is 8.60. The van der Waals surface area contributed by atoms with Crippen LogP contribution in [-0.2, 0) is 16.6 Å². The fourth-order valence-corrected chi connectivity index (χ4v) is 4.00. The van der Waals surface area contributed by atoms with Crippen LogP contribution in [0, 0.1) is 0 Å². The van der Waals surface area contributed by atoms with E-state index < -0.39 is 10.0 Å². The van der Waals surface area contributed by atoms with E-state index in [0.29, 0.717) is 6.54 Å². The summed E-state index contributed by atoms with van der Waals surface area (Å²) in [4.78, 5) is 4.16. The molecule has 1 aromatic heterocycles. The Morgan fingerprint density at radius 3 is 2.73 bits per heavy atom. The van der Waals surface area contributed by atoms with E-state index in [2.05, 4.69) is 4.98 Å². The Bertz CT molecular complexity index is 743. The molecule has 0 atom stereocenters. The van der Waals surface area contributed by atoms with Gasteiger partial charge in [0.05, 0.1) is 7.11 Å². The van der Waals surface area contributed by atoms with E-state index in [4.69, 9.17) is 4.74 Å². The number of methoxy groups -OCH3 is 1. The number of sulfonamides is 1. The van der Waals surface area contributed by atoms with Crippen molar-refractivity contribution in [2.75, 3.05) is 7.11 Å². The molecule has 5 nitrogen and oxygen atoms in total. The van der Waals surface area contributed by atoms with Crippen LogP contribution >= 0.6 is 0 Å². The standard InChI is InChI=1S/C16H18N2O3S/c1-21-15-5-2-4-13(10-15)12-18(14-7-8-14)22(19,20)16-6-3-9-17-11-16/h2-6,9-11,14H,7-8,12H2,1H3. The molecule has 1 aliphatic rings. The predicted molar refractivity (Wildman–Crippen MR) is 83.0 cm³/mol. The van der Waals surface area contributed by atoms with Crippen LogP contribution in [0.1, 0.15) is 18.4 Å². The SMILES string of the molecule is COc1cccc(CN(C2CC2)S(=O)(=O)c2cccnc2)c1. The lowest BCUT2D eigenvalue weighted by molar-refractivity contribution is 0.393. The van der Waals surface area contributed by atoms with Crippen molar-refractivity contribution in [3.63, 3.8) is 0 Å². The normalized spacial score (nSPS) is 15.0. The van der Waals surface area contributed by atoms with Crippen molar-refractivity contribution < 1.29 is 13.2 Å². The van der Waals surface area contributed by atoms with Crippen molar-refractivity contribution in [2.24, 2.45) is 0 Å². The zero-order valence-corrected chi connectivity index (χ0v) is 13.2. The summed E-state index contributed by atoms with van der Waals surface area (Å²) in [7, 11) is -1.92. The molecule has 116 valence electrons. The van der Waals surface area contributed by atoms with E-state index in [1.54, 1.807) is 29.7 Å². The Morgan fingerprint density at radius 1 is 1.27 bits per heavy atom. The monoisotopic (exact) mass is 318 g/mol. The summed E-state index contributed by atoms with van der Waals surface area (Å²) in [5.41, 5.74) is 0.915. The van der Waals surface area contributed by atoms with E-state index in [1.165, 1.54) is 6.20 Å². The fourth-order valence-electron chi connectivity index (χ4n) is 2.36. The van der Waals surface area contributed by atoms with Crippen molar-refractivity contribution in [1.29, 1.82) is 0 Å². The number of aromatic nitrogens is 1. The molecule has 1 aliphatic carbocycles. The molecular weight excluding hydrogens is 300 g/mol. The van der Waals surface area contributed by atoms with E-state index in [-0.39, 0.29) is 10.9 Å². The molecule has 22 heavy (non-hydrogen) atoms. The zero-order chi connectivity index (χ0) is 15.6. The van der Waals surface area contributed by atoms with Gasteiger partial charge in [0, 0.05) is 25.0 Å². The number of benzene rings is 1. The number of ether oxygens (including phenoxy) is 1. The third-order valence-corrected chi connectivity index (χ3v) is 5.55. The van der Waals surface area contributed by atoms with Crippen LogP contribution in [0.3, 0.4) is 0 Å². The Kier molecular flexibility index (Phi) is 4.13. The molecule has 0 N–H and O–H groups in total. The molecule has 0 saturated heterocycles. The summed E-state index contributed by atoms with van der Waals surface area (Å²) in [6.45, 7) is 0.346. The minimum atomic E-state index is -3.53. The molecule has 0 bridgehead atoms. The van der Waals surface area contributed by atoms with Crippen LogP contribution in [0.5, 0.6) is 5.75 Å². The number of nitrogens with zero attached hydrogens (tertiary/aromatic N) is 2. The van der Waals surface area contributed by atoms with Crippen molar-refractivity contribution >= 4 is 10.0 Å². The van der Waals surface area contributed by atoms with Crippen LogP contribution in [0.25, 0.3) is 0 Å². The van der Waals surface area contributed by atoms with Crippen LogP contribution in [0.2, 0.25) is 0 Å². The van der Waals surface area contributed by atoms with E-state index in [0.717, 1.165) is 24.2 Å².